The average molecular weight is 701 g/mol. The first-order valence-electron chi connectivity index (χ1n) is 17.5. The predicted molar refractivity (Wildman–Crippen MR) is 224 cm³/mol. The minimum Gasteiger partial charge on any atom is -0.311 e. The Morgan fingerprint density at radius 2 is 0.904 bits per heavy atom. The summed E-state index contributed by atoms with van der Waals surface area (Å²) in [5.41, 5.74) is 11.8. The molecular formula is C48H32N2S2. The van der Waals surface area contributed by atoms with E-state index in [-0.39, 0.29) is 0 Å². The van der Waals surface area contributed by atoms with Crippen molar-refractivity contribution in [1.29, 1.82) is 0 Å². The lowest BCUT2D eigenvalue weighted by atomic mass is 10.0. The predicted octanol–water partition coefficient (Wildman–Crippen LogP) is 14.8. The van der Waals surface area contributed by atoms with Crippen LogP contribution in [0.1, 0.15) is 0 Å². The number of hydrogen-bond acceptors (Lipinski definition) is 4. The highest BCUT2D eigenvalue weighted by Gasteiger charge is 2.25. The van der Waals surface area contributed by atoms with E-state index in [2.05, 4.69) is 204 Å². The van der Waals surface area contributed by atoms with Crippen molar-refractivity contribution in [3.05, 3.63) is 194 Å². The minimum atomic E-state index is 1.12. The Morgan fingerprint density at radius 3 is 1.65 bits per heavy atom. The summed E-state index contributed by atoms with van der Waals surface area (Å²) < 4.78 is 2.66. The molecule has 10 rings (SSSR count). The topological polar surface area (TPSA) is 6.48 Å². The van der Waals surface area contributed by atoms with Crippen LogP contribution in [0.3, 0.4) is 0 Å². The Balaban J connectivity index is 0.977. The van der Waals surface area contributed by atoms with Crippen LogP contribution < -0.4 is 9.80 Å². The molecule has 0 bridgehead atoms. The number of thiophene rings is 1. The van der Waals surface area contributed by atoms with E-state index in [0.717, 1.165) is 17.1 Å². The Bertz CT molecular complexity index is 2700. The zero-order valence-electron chi connectivity index (χ0n) is 28.2. The van der Waals surface area contributed by atoms with E-state index in [1.807, 2.05) is 23.1 Å². The smallest absolute Gasteiger partial charge is 0.0602 e. The quantitative estimate of drug-likeness (QED) is 0.170. The summed E-state index contributed by atoms with van der Waals surface area (Å²) in [6, 6.07) is 70.3. The molecule has 0 N–H and O–H groups in total. The third kappa shape index (κ3) is 5.45. The van der Waals surface area contributed by atoms with Crippen LogP contribution in [0, 0.1) is 0 Å². The van der Waals surface area contributed by atoms with E-state index in [1.54, 1.807) is 0 Å². The largest absolute Gasteiger partial charge is 0.311 e. The molecule has 1 aromatic heterocycles. The van der Waals surface area contributed by atoms with Gasteiger partial charge in [-0.05, 0) is 113 Å². The van der Waals surface area contributed by atoms with E-state index in [1.165, 1.54) is 69.3 Å². The summed E-state index contributed by atoms with van der Waals surface area (Å²) >= 11 is 3.70. The molecule has 0 saturated heterocycles. The van der Waals surface area contributed by atoms with Gasteiger partial charge in [-0.3, -0.25) is 0 Å². The first kappa shape index (κ1) is 30.7. The van der Waals surface area contributed by atoms with Gasteiger partial charge in [0.2, 0.25) is 0 Å². The maximum Gasteiger partial charge on any atom is 0.0602 e. The van der Waals surface area contributed by atoms with E-state index in [0.29, 0.717) is 0 Å². The fourth-order valence-corrected chi connectivity index (χ4v) is 9.51. The maximum absolute atomic E-state index is 2.37. The van der Waals surface area contributed by atoms with Gasteiger partial charge < -0.3 is 9.80 Å². The second kappa shape index (κ2) is 12.9. The van der Waals surface area contributed by atoms with Crippen LogP contribution in [-0.2, 0) is 0 Å². The van der Waals surface area contributed by atoms with Crippen LogP contribution in [0.15, 0.2) is 204 Å². The van der Waals surface area contributed by atoms with Crippen LogP contribution in [0.4, 0.5) is 34.1 Å². The molecule has 246 valence electrons. The van der Waals surface area contributed by atoms with Crippen LogP contribution in [0.2, 0.25) is 0 Å². The lowest BCUT2D eigenvalue weighted by Gasteiger charge is -2.33. The average Bonchev–Trinajstić information content (AvgIpc) is 3.59. The molecule has 1 aliphatic heterocycles. The van der Waals surface area contributed by atoms with Crippen molar-refractivity contribution < 1.29 is 0 Å². The van der Waals surface area contributed by atoms with Crippen molar-refractivity contribution in [2.45, 2.75) is 9.79 Å². The molecule has 0 saturated carbocycles. The van der Waals surface area contributed by atoms with E-state index >= 15 is 0 Å². The van der Waals surface area contributed by atoms with Crippen LogP contribution in [-0.4, -0.2) is 0 Å². The van der Waals surface area contributed by atoms with Gasteiger partial charge >= 0.3 is 0 Å². The minimum absolute atomic E-state index is 1.12. The van der Waals surface area contributed by atoms with Gasteiger partial charge in [0, 0.05) is 52.7 Å². The summed E-state index contributed by atoms with van der Waals surface area (Å²) in [4.78, 5) is 7.22. The fourth-order valence-electron chi connectivity index (χ4n) is 7.33. The number of hydrogen-bond donors (Lipinski definition) is 0. The first-order valence-corrected chi connectivity index (χ1v) is 19.1. The molecule has 0 fully saturated rings. The maximum atomic E-state index is 2.37. The summed E-state index contributed by atoms with van der Waals surface area (Å²) in [5.74, 6) is 0. The number of fused-ring (bicyclic) bond motifs is 5. The van der Waals surface area contributed by atoms with Crippen LogP contribution in [0.25, 0.3) is 42.4 Å². The Kier molecular flexibility index (Phi) is 7.63. The molecular weight excluding hydrogens is 669 g/mol. The fraction of sp³-hybridized carbons (Fsp3) is 0. The third-order valence-corrected chi connectivity index (χ3v) is 12.1. The first-order chi connectivity index (χ1) is 25.8. The van der Waals surface area contributed by atoms with Crippen molar-refractivity contribution >= 4 is 77.4 Å². The number of rotatable bonds is 6. The van der Waals surface area contributed by atoms with Crippen LogP contribution in [0.5, 0.6) is 0 Å². The van der Waals surface area contributed by atoms with E-state index < -0.39 is 0 Å². The molecule has 0 atom stereocenters. The van der Waals surface area contributed by atoms with Gasteiger partial charge in [0.05, 0.1) is 11.4 Å². The molecule has 0 unspecified atom stereocenters. The number of benzene rings is 8. The standard InChI is InChI=1S/C48H32N2S2/c1-3-11-37(12-4-1)49(39-25-19-33(20-26-39)35-24-30-46-42(31-35)41-15-7-9-17-45(41)51-46)40-27-21-34(22-28-40)36-23-29-44-48(32-36)52-47-18-10-8-16-43(47)50(44)38-13-5-2-6-14-38/h1-32H. The molecule has 0 radical (unpaired) electrons. The number of nitrogens with zero attached hydrogens (tertiary/aromatic N) is 2. The van der Waals surface area contributed by atoms with Gasteiger partial charge in [0.1, 0.15) is 0 Å². The molecule has 52 heavy (non-hydrogen) atoms. The van der Waals surface area contributed by atoms with Crippen LogP contribution >= 0.6 is 23.1 Å². The molecule has 8 aromatic carbocycles. The SMILES string of the molecule is c1ccc(N(c2ccc(-c3ccc4c(c3)Sc3ccccc3N4c3ccccc3)cc2)c2ccc(-c3ccc4sc5ccccc5c4c3)cc2)cc1. The zero-order chi connectivity index (χ0) is 34.4. The summed E-state index contributed by atoms with van der Waals surface area (Å²) in [6.07, 6.45) is 0. The lowest BCUT2D eigenvalue weighted by molar-refractivity contribution is 1.17. The van der Waals surface area contributed by atoms with Crippen molar-refractivity contribution in [2.75, 3.05) is 9.80 Å². The highest BCUT2D eigenvalue weighted by Crippen LogP contribution is 2.52. The second-order valence-electron chi connectivity index (χ2n) is 13.0. The van der Waals surface area contributed by atoms with Gasteiger partial charge in [0.15, 0.2) is 0 Å². The van der Waals surface area contributed by atoms with Crippen molar-refractivity contribution in [3.8, 4) is 22.3 Å². The van der Waals surface area contributed by atoms with Gasteiger partial charge in [-0.2, -0.15) is 0 Å². The Hall–Kier alpha value is -6.07. The Labute approximate surface area is 311 Å². The summed E-state index contributed by atoms with van der Waals surface area (Å²) in [7, 11) is 0. The lowest BCUT2D eigenvalue weighted by Crippen LogP contribution is -2.14. The molecule has 9 aromatic rings. The zero-order valence-corrected chi connectivity index (χ0v) is 29.8. The van der Waals surface area contributed by atoms with Gasteiger partial charge in [-0.15, -0.1) is 11.3 Å². The van der Waals surface area contributed by atoms with Crippen molar-refractivity contribution in [3.63, 3.8) is 0 Å². The van der Waals surface area contributed by atoms with Gasteiger partial charge in [0.25, 0.3) is 0 Å². The number of para-hydroxylation sites is 3. The van der Waals surface area contributed by atoms with Gasteiger partial charge in [-0.1, -0.05) is 115 Å². The molecule has 4 heteroatoms. The molecule has 1 aliphatic rings. The number of anilines is 6. The molecule has 2 nitrogen and oxygen atoms in total. The highest BCUT2D eigenvalue weighted by molar-refractivity contribution is 7.99. The Morgan fingerprint density at radius 1 is 0.365 bits per heavy atom. The van der Waals surface area contributed by atoms with E-state index in [4.69, 9.17) is 0 Å². The molecule has 2 heterocycles. The summed E-state index contributed by atoms with van der Waals surface area (Å²) in [5, 5.41) is 2.65. The monoisotopic (exact) mass is 700 g/mol. The van der Waals surface area contributed by atoms with Crippen molar-refractivity contribution in [1.82, 2.24) is 0 Å². The summed E-state index contributed by atoms with van der Waals surface area (Å²) in [6.45, 7) is 0. The normalized spacial score (nSPS) is 12.1. The van der Waals surface area contributed by atoms with Gasteiger partial charge in [-0.25, -0.2) is 0 Å². The molecule has 0 spiro atoms. The molecule has 0 amide bonds. The molecule has 0 aliphatic carbocycles. The highest BCUT2D eigenvalue weighted by atomic mass is 32.2. The second-order valence-corrected chi connectivity index (χ2v) is 15.2. The van der Waals surface area contributed by atoms with E-state index in [9.17, 15) is 0 Å². The van der Waals surface area contributed by atoms with Crippen molar-refractivity contribution in [2.24, 2.45) is 0 Å². The third-order valence-electron chi connectivity index (χ3n) is 9.85.